The Morgan fingerprint density at radius 3 is 2.29 bits per heavy atom. The van der Waals surface area contributed by atoms with Crippen molar-refractivity contribution in [1.82, 2.24) is 10.9 Å². The zero-order valence-electron chi connectivity index (χ0n) is 17.2. The van der Waals surface area contributed by atoms with Gasteiger partial charge >= 0.3 is 0 Å². The van der Waals surface area contributed by atoms with Crippen molar-refractivity contribution in [1.29, 1.82) is 0 Å². The maximum absolute atomic E-state index is 12.6. The molecule has 31 heavy (non-hydrogen) atoms. The minimum Gasteiger partial charge on any atom is -0.490 e. The molecule has 0 radical (unpaired) electrons. The summed E-state index contributed by atoms with van der Waals surface area (Å²) in [7, 11) is 1.58. The quantitative estimate of drug-likeness (QED) is 0.410. The van der Waals surface area contributed by atoms with E-state index in [9.17, 15) is 9.59 Å². The molecule has 0 spiro atoms. The topological polar surface area (TPSA) is 85.9 Å². The molecule has 0 aromatic heterocycles. The maximum atomic E-state index is 12.6. The van der Waals surface area contributed by atoms with Crippen LogP contribution in [0.5, 0.6) is 11.5 Å². The average molecular weight is 420 g/mol. The van der Waals surface area contributed by atoms with Gasteiger partial charge in [0.05, 0.1) is 12.2 Å². The van der Waals surface area contributed by atoms with Crippen LogP contribution in [0.1, 0.15) is 26.3 Å². The summed E-state index contributed by atoms with van der Waals surface area (Å²) in [6.07, 6.45) is 0. The minimum atomic E-state index is -0.485. The Labute approximate surface area is 180 Å². The van der Waals surface area contributed by atoms with Gasteiger partial charge in [-0.1, -0.05) is 42.5 Å². The van der Waals surface area contributed by atoms with Gasteiger partial charge in [0, 0.05) is 12.7 Å². The lowest BCUT2D eigenvalue weighted by atomic mass is 10.1. The number of methoxy groups -OCH3 is 1. The Balaban J connectivity index is 1.53. The minimum absolute atomic E-state index is 0.262. The third-order valence-electron chi connectivity index (χ3n) is 4.27. The number of nitrogens with one attached hydrogen (secondary N) is 2. The molecule has 3 aromatic rings. The summed E-state index contributed by atoms with van der Waals surface area (Å²) in [4.78, 5) is 24.9. The Kier molecular flexibility index (Phi) is 8.02. The van der Waals surface area contributed by atoms with E-state index >= 15 is 0 Å². The third kappa shape index (κ3) is 6.58. The number of amides is 2. The van der Waals surface area contributed by atoms with Crippen molar-refractivity contribution in [2.24, 2.45) is 0 Å². The number of para-hydroxylation sites is 2. The molecule has 0 aliphatic heterocycles. The monoisotopic (exact) mass is 420 g/mol. The SMILES string of the molecule is COCc1cccc(C(=O)NNC(=O)c2ccccc2OCCOc2ccccc2)c1. The predicted octanol–water partition coefficient (Wildman–Crippen LogP) is 3.37. The Morgan fingerprint density at radius 1 is 0.774 bits per heavy atom. The van der Waals surface area contributed by atoms with Crippen molar-refractivity contribution >= 4 is 11.8 Å². The first-order valence-corrected chi connectivity index (χ1v) is 9.75. The number of benzene rings is 3. The van der Waals surface area contributed by atoms with Crippen LogP contribution >= 0.6 is 0 Å². The van der Waals surface area contributed by atoms with Crippen LogP contribution in [0.2, 0.25) is 0 Å². The Morgan fingerprint density at radius 2 is 1.48 bits per heavy atom. The van der Waals surface area contributed by atoms with E-state index in [0.29, 0.717) is 30.1 Å². The van der Waals surface area contributed by atoms with Crippen molar-refractivity contribution in [3.05, 3.63) is 95.6 Å². The number of ether oxygens (including phenoxy) is 3. The molecule has 0 aliphatic rings. The summed E-state index contributed by atoms with van der Waals surface area (Å²) in [5.41, 5.74) is 6.42. The van der Waals surface area contributed by atoms with Gasteiger partial charge in [-0.25, -0.2) is 0 Å². The molecule has 7 nitrogen and oxygen atoms in total. The molecule has 0 bridgehead atoms. The summed E-state index contributed by atoms with van der Waals surface area (Å²) in [5, 5.41) is 0. The molecule has 7 heteroatoms. The van der Waals surface area contributed by atoms with Crippen LogP contribution in [0.15, 0.2) is 78.9 Å². The summed E-state index contributed by atoms with van der Waals surface area (Å²) in [5.74, 6) is 0.226. The van der Waals surface area contributed by atoms with Crippen molar-refractivity contribution < 1.29 is 23.8 Å². The van der Waals surface area contributed by atoms with E-state index in [1.807, 2.05) is 36.4 Å². The van der Waals surface area contributed by atoms with Gasteiger partial charge in [0.15, 0.2) is 0 Å². The van der Waals surface area contributed by atoms with Crippen LogP contribution in [0, 0.1) is 0 Å². The summed E-state index contributed by atoms with van der Waals surface area (Å²) >= 11 is 0. The highest BCUT2D eigenvalue weighted by Gasteiger charge is 2.14. The Hall–Kier alpha value is -3.84. The van der Waals surface area contributed by atoms with E-state index in [-0.39, 0.29) is 6.61 Å². The lowest BCUT2D eigenvalue weighted by molar-refractivity contribution is 0.0843. The Bertz CT molecular complexity index is 1010. The van der Waals surface area contributed by atoms with Crippen molar-refractivity contribution in [3.63, 3.8) is 0 Å². The van der Waals surface area contributed by atoms with E-state index in [2.05, 4.69) is 10.9 Å². The first kappa shape index (κ1) is 21.9. The molecule has 0 saturated heterocycles. The van der Waals surface area contributed by atoms with E-state index in [0.717, 1.165) is 11.3 Å². The molecule has 0 saturated carbocycles. The van der Waals surface area contributed by atoms with Crippen molar-refractivity contribution in [2.75, 3.05) is 20.3 Å². The van der Waals surface area contributed by atoms with Gasteiger partial charge in [0.2, 0.25) is 0 Å². The molecule has 160 valence electrons. The molecular weight excluding hydrogens is 396 g/mol. The highest BCUT2D eigenvalue weighted by Crippen LogP contribution is 2.18. The molecule has 3 rings (SSSR count). The normalized spacial score (nSPS) is 10.2. The van der Waals surface area contributed by atoms with Gasteiger partial charge in [-0.05, 0) is 42.0 Å². The number of hydrogen-bond donors (Lipinski definition) is 2. The van der Waals surface area contributed by atoms with Gasteiger partial charge in [0.25, 0.3) is 11.8 Å². The van der Waals surface area contributed by atoms with Crippen LogP contribution in [-0.4, -0.2) is 32.1 Å². The smallest absolute Gasteiger partial charge is 0.273 e. The zero-order chi connectivity index (χ0) is 21.9. The highest BCUT2D eigenvalue weighted by molar-refractivity contribution is 6.00. The van der Waals surface area contributed by atoms with Crippen LogP contribution in [0.3, 0.4) is 0 Å². The van der Waals surface area contributed by atoms with Crippen LogP contribution in [0.25, 0.3) is 0 Å². The molecular formula is C24H24N2O5. The largest absolute Gasteiger partial charge is 0.490 e. The lowest BCUT2D eigenvalue weighted by Gasteiger charge is -2.13. The standard InChI is InChI=1S/C24H24N2O5/c1-29-17-18-8-7-9-19(16-18)23(27)25-26-24(28)21-12-5-6-13-22(21)31-15-14-30-20-10-3-2-4-11-20/h2-13,16H,14-15,17H2,1H3,(H,25,27)(H,26,28). The van der Waals surface area contributed by atoms with E-state index in [1.54, 1.807) is 49.6 Å². The maximum Gasteiger partial charge on any atom is 0.273 e. The fraction of sp³-hybridized carbons (Fsp3) is 0.167. The summed E-state index contributed by atoms with van der Waals surface area (Å²) in [6, 6.07) is 23.2. The third-order valence-corrected chi connectivity index (χ3v) is 4.27. The van der Waals surface area contributed by atoms with Gasteiger partial charge in [0.1, 0.15) is 24.7 Å². The summed E-state index contributed by atoms with van der Waals surface area (Å²) < 4.78 is 16.4. The first-order valence-electron chi connectivity index (χ1n) is 9.75. The first-order chi connectivity index (χ1) is 15.2. The van der Waals surface area contributed by atoms with Gasteiger partial charge < -0.3 is 14.2 Å². The number of rotatable bonds is 9. The molecule has 2 N–H and O–H groups in total. The second-order valence-electron chi connectivity index (χ2n) is 6.55. The number of carbonyl (C=O) groups excluding carboxylic acids is 2. The van der Waals surface area contributed by atoms with Crippen LogP contribution < -0.4 is 20.3 Å². The van der Waals surface area contributed by atoms with Gasteiger partial charge in [-0.2, -0.15) is 0 Å². The van der Waals surface area contributed by atoms with Gasteiger partial charge in [-0.3, -0.25) is 20.4 Å². The number of carbonyl (C=O) groups is 2. The fourth-order valence-electron chi connectivity index (χ4n) is 2.83. The molecule has 0 fully saturated rings. The average Bonchev–Trinajstić information content (AvgIpc) is 2.81. The molecule has 0 heterocycles. The van der Waals surface area contributed by atoms with E-state index in [1.165, 1.54) is 0 Å². The predicted molar refractivity (Wildman–Crippen MR) is 116 cm³/mol. The molecule has 0 atom stereocenters. The van der Waals surface area contributed by atoms with E-state index in [4.69, 9.17) is 14.2 Å². The van der Waals surface area contributed by atoms with E-state index < -0.39 is 11.8 Å². The van der Waals surface area contributed by atoms with Gasteiger partial charge in [-0.15, -0.1) is 0 Å². The van der Waals surface area contributed by atoms with Crippen LogP contribution in [-0.2, 0) is 11.3 Å². The zero-order valence-corrected chi connectivity index (χ0v) is 17.2. The second kappa shape index (κ2) is 11.4. The van der Waals surface area contributed by atoms with Crippen LogP contribution in [0.4, 0.5) is 0 Å². The molecule has 2 amide bonds. The molecule has 0 aliphatic carbocycles. The molecule has 0 unspecified atom stereocenters. The second-order valence-corrected chi connectivity index (χ2v) is 6.55. The van der Waals surface area contributed by atoms with Crippen molar-refractivity contribution in [3.8, 4) is 11.5 Å². The fourth-order valence-corrected chi connectivity index (χ4v) is 2.83. The number of hydrogen-bond acceptors (Lipinski definition) is 5. The summed E-state index contributed by atoms with van der Waals surface area (Å²) in [6.45, 7) is 0.985. The van der Waals surface area contributed by atoms with Crippen molar-refractivity contribution in [2.45, 2.75) is 6.61 Å². The number of hydrazine groups is 1. The highest BCUT2D eigenvalue weighted by atomic mass is 16.5. The lowest BCUT2D eigenvalue weighted by Crippen LogP contribution is -2.41. The molecule has 3 aromatic carbocycles.